The maximum Gasteiger partial charge on any atom is 0.243 e. The van der Waals surface area contributed by atoms with E-state index in [9.17, 15) is 8.42 Å². The molecule has 5 nitrogen and oxygen atoms in total. The van der Waals surface area contributed by atoms with Crippen molar-refractivity contribution in [3.63, 3.8) is 0 Å². The van der Waals surface area contributed by atoms with Crippen LogP contribution in [0, 0.1) is 11.8 Å². The summed E-state index contributed by atoms with van der Waals surface area (Å²) in [5.74, 6) is 1.48. The Balaban J connectivity index is 1.71. The van der Waals surface area contributed by atoms with Gasteiger partial charge in [0.2, 0.25) is 10.0 Å². The van der Waals surface area contributed by atoms with Crippen molar-refractivity contribution in [3.05, 3.63) is 60.2 Å². The van der Waals surface area contributed by atoms with E-state index in [1.165, 1.54) is 0 Å². The van der Waals surface area contributed by atoms with Gasteiger partial charge >= 0.3 is 0 Å². The van der Waals surface area contributed by atoms with Crippen molar-refractivity contribution < 1.29 is 13.2 Å². The molecule has 4 rings (SSSR count). The van der Waals surface area contributed by atoms with Gasteiger partial charge in [0.05, 0.1) is 18.0 Å². The summed E-state index contributed by atoms with van der Waals surface area (Å²) in [6.45, 7) is 5.79. The summed E-state index contributed by atoms with van der Waals surface area (Å²) in [6.07, 6.45) is 1.12. The number of ether oxygens (including phenoxy) is 1. The second kappa shape index (κ2) is 7.85. The van der Waals surface area contributed by atoms with E-state index in [0.29, 0.717) is 23.3 Å². The van der Waals surface area contributed by atoms with E-state index < -0.39 is 10.0 Å². The first-order valence-electron chi connectivity index (χ1n) is 9.97. The summed E-state index contributed by atoms with van der Waals surface area (Å²) in [5.41, 5.74) is 1.05. The molecule has 0 N–H and O–H groups in total. The Bertz CT molecular complexity index is 899. The molecule has 2 aromatic rings. The van der Waals surface area contributed by atoms with Gasteiger partial charge in [0.15, 0.2) is 0 Å². The van der Waals surface area contributed by atoms with Gasteiger partial charge in [0.1, 0.15) is 5.75 Å². The van der Waals surface area contributed by atoms with Crippen molar-refractivity contribution >= 4 is 10.0 Å². The van der Waals surface area contributed by atoms with Crippen LogP contribution < -0.4 is 4.74 Å². The molecule has 28 heavy (non-hydrogen) atoms. The quantitative estimate of drug-likeness (QED) is 0.746. The highest BCUT2D eigenvalue weighted by atomic mass is 32.2. The van der Waals surface area contributed by atoms with Crippen molar-refractivity contribution in [2.45, 2.75) is 24.3 Å². The second-order valence-electron chi connectivity index (χ2n) is 7.79. The topological polar surface area (TPSA) is 49.9 Å². The van der Waals surface area contributed by atoms with E-state index in [0.717, 1.165) is 37.4 Å². The molecule has 2 saturated heterocycles. The van der Waals surface area contributed by atoms with Crippen LogP contribution in [-0.2, 0) is 10.0 Å². The van der Waals surface area contributed by atoms with Gasteiger partial charge in [-0.25, -0.2) is 8.42 Å². The van der Waals surface area contributed by atoms with Crippen LogP contribution in [0.3, 0.4) is 0 Å². The van der Waals surface area contributed by atoms with Crippen molar-refractivity contribution in [3.8, 4) is 5.75 Å². The fraction of sp³-hybridized carbons (Fsp3) is 0.455. The number of methoxy groups -OCH3 is 1. The van der Waals surface area contributed by atoms with Gasteiger partial charge in [-0.05, 0) is 54.6 Å². The number of hydrogen-bond donors (Lipinski definition) is 0. The molecule has 0 aromatic heterocycles. The minimum absolute atomic E-state index is 0.136. The first-order valence-corrected chi connectivity index (χ1v) is 11.4. The van der Waals surface area contributed by atoms with Crippen LogP contribution >= 0.6 is 0 Å². The van der Waals surface area contributed by atoms with Crippen molar-refractivity contribution in [2.24, 2.45) is 11.8 Å². The lowest BCUT2D eigenvalue weighted by Crippen LogP contribution is -2.35. The zero-order chi connectivity index (χ0) is 19.7. The molecule has 0 saturated carbocycles. The van der Waals surface area contributed by atoms with E-state index in [1.807, 2.05) is 30.3 Å². The molecule has 0 bridgehead atoms. The summed E-state index contributed by atoms with van der Waals surface area (Å²) >= 11 is 0. The lowest BCUT2D eigenvalue weighted by Gasteiger charge is -2.29. The molecule has 2 fully saturated rings. The van der Waals surface area contributed by atoms with E-state index in [-0.39, 0.29) is 6.04 Å². The van der Waals surface area contributed by atoms with Crippen LogP contribution in [0.2, 0.25) is 0 Å². The largest absolute Gasteiger partial charge is 0.497 e. The van der Waals surface area contributed by atoms with Crippen LogP contribution in [0.5, 0.6) is 5.75 Å². The van der Waals surface area contributed by atoms with E-state index in [4.69, 9.17) is 4.74 Å². The standard InChI is InChI=1S/C22H28N2O3S/c1-3-13-23-14-18-15-24(28(25,26)20-7-5-4-6-8-20)22(21(18)16-23)17-9-11-19(27-2)12-10-17/h4-12,18,21-22H,3,13-16H2,1-2H3/t18-,21-,22-/m0/s1. The van der Waals surface area contributed by atoms with Gasteiger partial charge < -0.3 is 9.64 Å². The average molecular weight is 401 g/mol. The van der Waals surface area contributed by atoms with Gasteiger partial charge in [-0.3, -0.25) is 0 Å². The lowest BCUT2D eigenvalue weighted by atomic mass is 9.90. The zero-order valence-electron chi connectivity index (χ0n) is 16.5. The highest BCUT2D eigenvalue weighted by Crippen LogP contribution is 2.47. The monoisotopic (exact) mass is 400 g/mol. The molecule has 2 aliphatic heterocycles. The molecule has 2 aromatic carbocycles. The van der Waals surface area contributed by atoms with Crippen molar-refractivity contribution in [1.82, 2.24) is 9.21 Å². The van der Waals surface area contributed by atoms with Crippen molar-refractivity contribution in [1.29, 1.82) is 0 Å². The number of benzene rings is 2. The van der Waals surface area contributed by atoms with Crippen LogP contribution in [0.4, 0.5) is 0 Å². The van der Waals surface area contributed by atoms with Crippen LogP contribution in [0.15, 0.2) is 59.5 Å². The maximum atomic E-state index is 13.5. The van der Waals surface area contributed by atoms with Gasteiger partial charge in [-0.1, -0.05) is 37.3 Å². The third-order valence-electron chi connectivity index (χ3n) is 6.04. The molecule has 0 aliphatic carbocycles. The molecule has 6 heteroatoms. The molecule has 150 valence electrons. The predicted octanol–water partition coefficient (Wildman–Crippen LogP) is 3.40. The predicted molar refractivity (Wildman–Crippen MR) is 110 cm³/mol. The van der Waals surface area contributed by atoms with Gasteiger partial charge in [-0.15, -0.1) is 0 Å². The van der Waals surface area contributed by atoms with Gasteiger partial charge in [0.25, 0.3) is 0 Å². The van der Waals surface area contributed by atoms with Crippen LogP contribution in [-0.4, -0.2) is 50.9 Å². The number of hydrogen-bond acceptors (Lipinski definition) is 4. The second-order valence-corrected chi connectivity index (χ2v) is 9.68. The summed E-state index contributed by atoms with van der Waals surface area (Å²) < 4.78 is 34.0. The minimum atomic E-state index is -3.54. The first kappa shape index (κ1) is 19.4. The minimum Gasteiger partial charge on any atom is -0.497 e. The van der Waals surface area contributed by atoms with E-state index in [1.54, 1.807) is 35.7 Å². The Morgan fingerprint density at radius 2 is 1.71 bits per heavy atom. The summed E-state index contributed by atoms with van der Waals surface area (Å²) in [5, 5.41) is 0. The Kier molecular flexibility index (Phi) is 5.45. The third kappa shape index (κ3) is 3.45. The number of rotatable bonds is 6. The van der Waals surface area contributed by atoms with Crippen LogP contribution in [0.1, 0.15) is 24.9 Å². The molecular weight excluding hydrogens is 372 g/mol. The fourth-order valence-electron chi connectivity index (χ4n) is 4.79. The molecule has 0 amide bonds. The lowest BCUT2D eigenvalue weighted by molar-refractivity contribution is 0.266. The first-order chi connectivity index (χ1) is 13.5. The Labute approximate surface area is 168 Å². The maximum absolute atomic E-state index is 13.5. The Morgan fingerprint density at radius 1 is 1.00 bits per heavy atom. The molecule has 2 aliphatic rings. The number of nitrogens with zero attached hydrogens (tertiary/aromatic N) is 2. The number of sulfonamides is 1. The smallest absolute Gasteiger partial charge is 0.243 e. The normalized spacial score (nSPS) is 25.7. The Hall–Kier alpha value is -1.89. The van der Waals surface area contributed by atoms with Crippen LogP contribution in [0.25, 0.3) is 0 Å². The fourth-order valence-corrected chi connectivity index (χ4v) is 6.52. The summed E-state index contributed by atoms with van der Waals surface area (Å²) in [6, 6.07) is 16.6. The Morgan fingerprint density at radius 3 is 2.36 bits per heavy atom. The SMILES string of the molecule is CCCN1C[C@H]2CN(S(=O)(=O)c3ccccc3)[C@@H](c3ccc(OC)cc3)[C@H]2C1. The van der Waals surface area contributed by atoms with Crippen molar-refractivity contribution in [2.75, 3.05) is 33.3 Å². The molecule has 0 spiro atoms. The third-order valence-corrected chi connectivity index (χ3v) is 7.91. The van der Waals surface area contributed by atoms with E-state index >= 15 is 0 Å². The number of fused-ring (bicyclic) bond motifs is 1. The van der Waals surface area contributed by atoms with Gasteiger partial charge in [-0.2, -0.15) is 4.31 Å². The van der Waals surface area contributed by atoms with E-state index in [2.05, 4.69) is 11.8 Å². The zero-order valence-corrected chi connectivity index (χ0v) is 17.3. The highest BCUT2D eigenvalue weighted by molar-refractivity contribution is 7.89. The summed E-state index contributed by atoms with van der Waals surface area (Å²) in [7, 11) is -1.89. The highest BCUT2D eigenvalue weighted by Gasteiger charge is 2.51. The molecule has 0 unspecified atom stereocenters. The van der Waals surface area contributed by atoms with Gasteiger partial charge in [0, 0.05) is 19.6 Å². The molecular formula is C22H28N2O3S. The summed E-state index contributed by atoms with van der Waals surface area (Å²) in [4.78, 5) is 2.86. The average Bonchev–Trinajstić information content (AvgIpc) is 3.27. The molecule has 0 radical (unpaired) electrons. The molecule has 3 atom stereocenters. The number of likely N-dealkylation sites (tertiary alicyclic amines) is 1. The molecule has 2 heterocycles.